The molecule has 0 bridgehead atoms. The van der Waals surface area contributed by atoms with E-state index < -0.39 is 17.3 Å². The molecule has 3 nitrogen and oxygen atoms in total. The zero-order chi connectivity index (χ0) is 14.8. The maximum atomic E-state index is 13.3. The molecule has 0 aromatic heterocycles. The van der Waals surface area contributed by atoms with E-state index in [1.807, 2.05) is 6.92 Å². The van der Waals surface area contributed by atoms with Crippen molar-refractivity contribution < 1.29 is 23.4 Å². The van der Waals surface area contributed by atoms with Gasteiger partial charge in [-0.15, -0.1) is 0 Å². The highest BCUT2D eigenvalue weighted by atomic mass is 19.3. The molecule has 20 heavy (non-hydrogen) atoms. The lowest BCUT2D eigenvalue weighted by molar-refractivity contribution is -0.149. The molecule has 0 aliphatic heterocycles. The minimum atomic E-state index is -2.75. The van der Waals surface area contributed by atoms with E-state index in [9.17, 15) is 18.7 Å². The molecule has 0 heterocycles. The van der Waals surface area contributed by atoms with Crippen molar-refractivity contribution in [1.82, 2.24) is 0 Å². The Morgan fingerprint density at radius 1 is 1.20 bits per heavy atom. The first-order chi connectivity index (χ1) is 9.39. The molecular formula is C15H18F2O3. The normalized spacial score (nSPS) is 20.4. The second-order valence-corrected chi connectivity index (χ2v) is 5.20. The van der Waals surface area contributed by atoms with Crippen molar-refractivity contribution >= 4 is 5.97 Å². The van der Waals surface area contributed by atoms with Gasteiger partial charge in [0.2, 0.25) is 5.92 Å². The molecule has 1 aliphatic carbocycles. The predicted octanol–water partition coefficient (Wildman–Crippen LogP) is 3.62. The van der Waals surface area contributed by atoms with Gasteiger partial charge < -0.3 is 9.84 Å². The fourth-order valence-electron chi connectivity index (χ4n) is 2.71. The molecule has 0 amide bonds. The molecule has 0 radical (unpaired) electrons. The topological polar surface area (TPSA) is 46.5 Å². The molecule has 1 aromatic carbocycles. The summed E-state index contributed by atoms with van der Waals surface area (Å²) >= 11 is 0. The van der Waals surface area contributed by atoms with Gasteiger partial charge >= 0.3 is 5.97 Å². The molecule has 5 heteroatoms. The number of alkyl halides is 2. The second kappa shape index (κ2) is 5.38. The molecule has 2 rings (SSSR count). The van der Waals surface area contributed by atoms with Gasteiger partial charge in [0.25, 0.3) is 0 Å². The van der Waals surface area contributed by atoms with Gasteiger partial charge in [0, 0.05) is 12.8 Å². The first kappa shape index (κ1) is 14.8. The van der Waals surface area contributed by atoms with E-state index in [2.05, 4.69) is 0 Å². The van der Waals surface area contributed by atoms with Crippen LogP contribution in [0.2, 0.25) is 0 Å². The number of hydrogen-bond acceptors (Lipinski definition) is 2. The highest BCUT2D eigenvalue weighted by Crippen LogP contribution is 2.45. The van der Waals surface area contributed by atoms with E-state index in [0.717, 1.165) is 0 Å². The number of benzene rings is 1. The maximum absolute atomic E-state index is 13.3. The van der Waals surface area contributed by atoms with E-state index in [0.29, 0.717) is 17.9 Å². The summed E-state index contributed by atoms with van der Waals surface area (Å²) in [5.74, 6) is -3.13. The van der Waals surface area contributed by atoms with Crippen LogP contribution in [-0.2, 0) is 10.2 Å². The van der Waals surface area contributed by atoms with Crippen molar-refractivity contribution in [2.24, 2.45) is 0 Å². The van der Waals surface area contributed by atoms with Crippen LogP contribution in [0.1, 0.15) is 38.2 Å². The molecule has 1 fully saturated rings. The van der Waals surface area contributed by atoms with Gasteiger partial charge in [0.1, 0.15) is 5.75 Å². The number of carbonyl (C=O) groups is 1. The number of carboxylic acids is 1. The summed E-state index contributed by atoms with van der Waals surface area (Å²) < 4.78 is 31.9. The molecule has 1 aliphatic rings. The average Bonchev–Trinajstić information content (AvgIpc) is 2.40. The summed E-state index contributed by atoms with van der Waals surface area (Å²) in [6.45, 7) is 2.38. The third kappa shape index (κ3) is 2.76. The highest BCUT2D eigenvalue weighted by molar-refractivity contribution is 5.81. The summed E-state index contributed by atoms with van der Waals surface area (Å²) in [4.78, 5) is 11.6. The van der Waals surface area contributed by atoms with Crippen LogP contribution in [0.4, 0.5) is 8.78 Å². The van der Waals surface area contributed by atoms with Crippen molar-refractivity contribution in [2.75, 3.05) is 6.61 Å². The monoisotopic (exact) mass is 284 g/mol. The number of hydrogen-bond donors (Lipinski definition) is 1. The molecule has 0 spiro atoms. The Hall–Kier alpha value is -1.65. The van der Waals surface area contributed by atoms with Gasteiger partial charge in [-0.25, -0.2) is 8.78 Å². The van der Waals surface area contributed by atoms with Crippen molar-refractivity contribution in [1.29, 1.82) is 0 Å². The Labute approximate surface area is 116 Å². The van der Waals surface area contributed by atoms with Crippen LogP contribution in [0.15, 0.2) is 24.3 Å². The molecule has 0 atom stereocenters. The molecule has 1 saturated carbocycles. The van der Waals surface area contributed by atoms with Crippen LogP contribution in [0, 0.1) is 0 Å². The quantitative estimate of drug-likeness (QED) is 0.918. The summed E-state index contributed by atoms with van der Waals surface area (Å²) in [6.07, 6.45) is -0.842. The lowest BCUT2D eigenvalue weighted by atomic mass is 9.68. The fourth-order valence-corrected chi connectivity index (χ4v) is 2.71. The van der Waals surface area contributed by atoms with Gasteiger partial charge in [-0.2, -0.15) is 0 Å². The number of rotatable bonds is 4. The summed E-state index contributed by atoms with van der Waals surface area (Å²) in [7, 11) is 0. The first-order valence-electron chi connectivity index (χ1n) is 6.74. The van der Waals surface area contributed by atoms with Crippen molar-refractivity contribution in [3.8, 4) is 5.75 Å². The maximum Gasteiger partial charge on any atom is 0.314 e. The molecule has 110 valence electrons. The SMILES string of the molecule is CCOc1ccc(C2(C(=O)O)CCC(F)(F)CC2)cc1. The predicted molar refractivity (Wildman–Crippen MR) is 70.3 cm³/mol. The van der Waals surface area contributed by atoms with Crippen molar-refractivity contribution in [2.45, 2.75) is 43.9 Å². The zero-order valence-corrected chi connectivity index (χ0v) is 11.4. The van der Waals surface area contributed by atoms with E-state index in [-0.39, 0.29) is 25.7 Å². The Morgan fingerprint density at radius 3 is 2.20 bits per heavy atom. The van der Waals surface area contributed by atoms with Crippen molar-refractivity contribution in [3.05, 3.63) is 29.8 Å². The summed E-state index contributed by atoms with van der Waals surface area (Å²) in [5.41, 5.74) is -0.629. The van der Waals surface area contributed by atoms with Gasteiger partial charge in [-0.3, -0.25) is 4.79 Å². The van der Waals surface area contributed by atoms with Crippen LogP contribution in [0.5, 0.6) is 5.75 Å². The van der Waals surface area contributed by atoms with Gasteiger partial charge in [-0.1, -0.05) is 12.1 Å². The Balaban J connectivity index is 2.27. The molecule has 1 aromatic rings. The lowest BCUT2D eigenvalue weighted by Gasteiger charge is -2.37. The van der Waals surface area contributed by atoms with Gasteiger partial charge in [0.15, 0.2) is 0 Å². The average molecular weight is 284 g/mol. The number of ether oxygens (including phenoxy) is 1. The minimum Gasteiger partial charge on any atom is -0.494 e. The highest BCUT2D eigenvalue weighted by Gasteiger charge is 2.48. The summed E-state index contributed by atoms with van der Waals surface area (Å²) in [6, 6.07) is 6.72. The van der Waals surface area contributed by atoms with Crippen LogP contribution in [0.25, 0.3) is 0 Å². The number of carboxylic acid groups (broad SMARTS) is 1. The zero-order valence-electron chi connectivity index (χ0n) is 11.4. The van der Waals surface area contributed by atoms with Crippen LogP contribution >= 0.6 is 0 Å². The third-order valence-corrected chi connectivity index (χ3v) is 3.96. The van der Waals surface area contributed by atoms with Crippen LogP contribution in [-0.4, -0.2) is 23.6 Å². The fraction of sp³-hybridized carbons (Fsp3) is 0.533. The molecular weight excluding hydrogens is 266 g/mol. The Morgan fingerprint density at radius 2 is 1.75 bits per heavy atom. The summed E-state index contributed by atoms with van der Waals surface area (Å²) in [5, 5.41) is 9.51. The van der Waals surface area contributed by atoms with Crippen LogP contribution in [0.3, 0.4) is 0 Å². The van der Waals surface area contributed by atoms with Crippen molar-refractivity contribution in [3.63, 3.8) is 0 Å². The Kier molecular flexibility index (Phi) is 3.97. The molecule has 0 unspecified atom stereocenters. The number of halogens is 2. The Bertz CT molecular complexity index is 472. The van der Waals surface area contributed by atoms with Crippen LogP contribution < -0.4 is 4.74 Å². The standard InChI is InChI=1S/C15H18F2O3/c1-2-20-12-5-3-11(4-6-12)14(13(18)19)7-9-15(16,17)10-8-14/h3-6H,2,7-10H2,1H3,(H,18,19). The third-order valence-electron chi connectivity index (χ3n) is 3.96. The van der Waals surface area contributed by atoms with E-state index >= 15 is 0 Å². The first-order valence-corrected chi connectivity index (χ1v) is 6.74. The largest absolute Gasteiger partial charge is 0.494 e. The van der Waals surface area contributed by atoms with E-state index in [1.54, 1.807) is 24.3 Å². The van der Waals surface area contributed by atoms with E-state index in [4.69, 9.17) is 4.74 Å². The molecule has 1 N–H and O–H groups in total. The smallest absolute Gasteiger partial charge is 0.314 e. The van der Waals surface area contributed by atoms with Gasteiger partial charge in [-0.05, 0) is 37.5 Å². The lowest BCUT2D eigenvalue weighted by Crippen LogP contribution is -2.42. The number of aliphatic carboxylic acids is 1. The molecule has 0 saturated heterocycles. The van der Waals surface area contributed by atoms with E-state index in [1.165, 1.54) is 0 Å². The second-order valence-electron chi connectivity index (χ2n) is 5.20. The minimum absolute atomic E-state index is 0.0384. The van der Waals surface area contributed by atoms with Gasteiger partial charge in [0.05, 0.1) is 12.0 Å².